The number of unbranched alkanes of at least 4 members (excludes halogenated alkanes) is 1. The van der Waals surface area contributed by atoms with E-state index in [1.807, 2.05) is 80.6 Å². The van der Waals surface area contributed by atoms with Gasteiger partial charge in [0.25, 0.3) is 15.6 Å². The Morgan fingerprint density at radius 3 is 2.35 bits per heavy atom. The quantitative estimate of drug-likeness (QED) is 0.107. The Morgan fingerprint density at radius 1 is 0.962 bits per heavy atom. The minimum atomic E-state index is -4.20. The molecule has 5 aromatic rings. The first-order valence-electron chi connectivity index (χ1n) is 17.7. The third kappa shape index (κ3) is 9.34. The number of aromatic nitrogens is 2. The third-order valence-corrected chi connectivity index (χ3v) is 11.5. The van der Waals surface area contributed by atoms with Gasteiger partial charge in [-0.3, -0.25) is 14.2 Å². The molecule has 10 nitrogen and oxygen atoms in total. The van der Waals surface area contributed by atoms with Crippen molar-refractivity contribution in [2.24, 2.45) is 5.92 Å². The van der Waals surface area contributed by atoms with Gasteiger partial charge in [-0.25, -0.2) is 22.9 Å². The summed E-state index contributed by atoms with van der Waals surface area (Å²) >= 11 is 1.15. The summed E-state index contributed by atoms with van der Waals surface area (Å²) in [6, 6.07) is 24.3. The number of sulfonamides is 1. The molecular formula is C40H46N4O6S2. The number of carbonyl (C=O) groups is 2. The van der Waals surface area contributed by atoms with Gasteiger partial charge in [-0.1, -0.05) is 88.7 Å². The Hall–Kier alpha value is -4.81. The normalized spacial score (nSPS) is 11.6. The smallest absolute Gasteiger partial charge is 0.421 e. The van der Waals surface area contributed by atoms with E-state index in [2.05, 4.69) is 18.6 Å². The highest BCUT2D eigenvalue weighted by Gasteiger charge is 2.26. The number of aryl methyl sites for hydroxylation is 1. The predicted molar refractivity (Wildman–Crippen MR) is 207 cm³/mol. The van der Waals surface area contributed by atoms with E-state index in [0.29, 0.717) is 65.3 Å². The first kappa shape index (κ1) is 38.4. The summed E-state index contributed by atoms with van der Waals surface area (Å²) in [5.41, 5.74) is 3.94. The van der Waals surface area contributed by atoms with Crippen molar-refractivity contribution < 1.29 is 22.7 Å². The molecule has 0 saturated carbocycles. The van der Waals surface area contributed by atoms with Crippen molar-refractivity contribution in [2.75, 3.05) is 11.5 Å². The molecule has 0 spiro atoms. The van der Waals surface area contributed by atoms with E-state index in [1.54, 1.807) is 21.6 Å². The fourth-order valence-corrected chi connectivity index (χ4v) is 8.79. The van der Waals surface area contributed by atoms with Crippen LogP contribution < -0.4 is 15.2 Å². The summed E-state index contributed by atoms with van der Waals surface area (Å²) in [5.74, 6) is 0.818. The maximum absolute atomic E-state index is 14.1. The maximum Gasteiger partial charge on any atom is 0.421 e. The number of amides is 2. The van der Waals surface area contributed by atoms with E-state index in [4.69, 9.17) is 9.72 Å². The first-order valence-corrected chi connectivity index (χ1v) is 20.0. The van der Waals surface area contributed by atoms with Gasteiger partial charge < -0.3 is 9.64 Å². The molecule has 2 aromatic heterocycles. The average Bonchev–Trinajstić information content (AvgIpc) is 3.54. The molecule has 3 aromatic carbocycles. The number of nitrogens with one attached hydrogen (secondary N) is 1. The SMILES string of the molecule is CCCCOC(=O)NS(=O)(=O)c1sc(CC(C)C)cc1-c1ccc(Cn2c(CCC)nc3ccc(N(Cc4ccccc4)C(C)=O)cc3c2=O)cc1. The van der Waals surface area contributed by atoms with Crippen LogP contribution in [-0.2, 0) is 45.5 Å². The highest BCUT2D eigenvalue weighted by Crippen LogP contribution is 2.36. The molecule has 0 atom stereocenters. The minimum absolute atomic E-state index is 0.0474. The van der Waals surface area contributed by atoms with Crippen LogP contribution in [0.2, 0.25) is 0 Å². The lowest BCUT2D eigenvalue weighted by Crippen LogP contribution is -2.31. The Morgan fingerprint density at radius 2 is 1.69 bits per heavy atom. The third-order valence-electron chi connectivity index (χ3n) is 8.52. The number of thiophene rings is 1. The number of rotatable bonds is 15. The number of hydrogen-bond donors (Lipinski definition) is 1. The van der Waals surface area contributed by atoms with Crippen LogP contribution in [0.3, 0.4) is 0 Å². The molecule has 2 heterocycles. The molecule has 52 heavy (non-hydrogen) atoms. The fraction of sp³-hybridized carbons (Fsp3) is 0.350. The van der Waals surface area contributed by atoms with Gasteiger partial charge in [-0.2, -0.15) is 0 Å². The molecule has 0 radical (unpaired) electrons. The largest absolute Gasteiger partial charge is 0.449 e. The van der Waals surface area contributed by atoms with Gasteiger partial charge in [-0.05, 0) is 66.1 Å². The second kappa shape index (κ2) is 17.1. The van der Waals surface area contributed by atoms with E-state index < -0.39 is 16.1 Å². The lowest BCUT2D eigenvalue weighted by Gasteiger charge is -2.22. The van der Waals surface area contributed by atoms with E-state index in [1.165, 1.54) is 6.92 Å². The van der Waals surface area contributed by atoms with Gasteiger partial charge in [0, 0.05) is 29.5 Å². The Labute approximate surface area is 309 Å². The lowest BCUT2D eigenvalue weighted by atomic mass is 10.0. The van der Waals surface area contributed by atoms with Crippen LogP contribution in [-0.4, -0.2) is 36.6 Å². The summed E-state index contributed by atoms with van der Waals surface area (Å²) < 4.78 is 35.8. The van der Waals surface area contributed by atoms with Crippen LogP contribution in [0.4, 0.5) is 10.5 Å². The first-order chi connectivity index (χ1) is 24.9. The summed E-state index contributed by atoms with van der Waals surface area (Å²) in [7, 11) is -4.20. The minimum Gasteiger partial charge on any atom is -0.449 e. The number of ether oxygens (including phenoxy) is 1. The van der Waals surface area contributed by atoms with E-state index in [-0.39, 0.29) is 28.8 Å². The van der Waals surface area contributed by atoms with Gasteiger partial charge in [0.05, 0.1) is 30.6 Å². The van der Waals surface area contributed by atoms with Crippen LogP contribution in [0.5, 0.6) is 0 Å². The molecule has 12 heteroatoms. The van der Waals surface area contributed by atoms with Crippen molar-refractivity contribution in [3.8, 4) is 11.1 Å². The molecule has 274 valence electrons. The molecule has 2 amide bonds. The second-order valence-corrected chi connectivity index (χ2v) is 16.3. The van der Waals surface area contributed by atoms with E-state index >= 15 is 0 Å². The van der Waals surface area contributed by atoms with Crippen molar-refractivity contribution >= 4 is 50.0 Å². The Bertz CT molecular complexity index is 2190. The van der Waals surface area contributed by atoms with Crippen LogP contribution in [0.25, 0.3) is 22.0 Å². The number of carbonyl (C=O) groups excluding carboxylic acids is 2. The molecule has 0 aliphatic carbocycles. The molecule has 0 aliphatic rings. The molecule has 0 bridgehead atoms. The number of hydrogen-bond acceptors (Lipinski definition) is 8. The zero-order valence-corrected chi connectivity index (χ0v) is 32.0. The van der Waals surface area contributed by atoms with Gasteiger partial charge in [0.2, 0.25) is 5.91 Å². The Kier molecular flexibility index (Phi) is 12.7. The lowest BCUT2D eigenvalue weighted by molar-refractivity contribution is -0.116. The second-order valence-electron chi connectivity index (χ2n) is 13.3. The van der Waals surface area contributed by atoms with Crippen molar-refractivity contribution in [1.82, 2.24) is 14.3 Å². The number of benzene rings is 3. The molecular weight excluding hydrogens is 697 g/mol. The van der Waals surface area contributed by atoms with Crippen LogP contribution in [0.15, 0.2) is 87.9 Å². The average molecular weight is 743 g/mol. The highest BCUT2D eigenvalue weighted by molar-refractivity contribution is 7.92. The molecule has 0 saturated heterocycles. The summed E-state index contributed by atoms with van der Waals surface area (Å²) in [4.78, 5) is 46.6. The van der Waals surface area contributed by atoms with Gasteiger partial charge in [0.1, 0.15) is 10.0 Å². The van der Waals surface area contributed by atoms with Crippen LogP contribution in [0.1, 0.15) is 75.7 Å². The molecule has 1 N–H and O–H groups in total. The molecule has 0 aliphatic heterocycles. The highest BCUT2D eigenvalue weighted by atomic mass is 32.2. The van der Waals surface area contributed by atoms with Crippen molar-refractivity contribution in [3.63, 3.8) is 0 Å². The standard InChI is InChI=1S/C40H46N4O6S2/c1-6-8-21-50-40(47)42-52(48,49)39-34(24-33(51-39)22-27(3)4)31-17-15-30(16-18-31)26-44-37(12-7-2)41-36-20-19-32(23-35(36)38(44)46)43(28(5)45)25-29-13-10-9-11-14-29/h9-11,13-20,23-24,27H,6-8,12,21-22,25-26H2,1-5H3,(H,42,47). The predicted octanol–water partition coefficient (Wildman–Crippen LogP) is 8.09. The van der Waals surface area contributed by atoms with Crippen LogP contribution >= 0.6 is 11.3 Å². The van der Waals surface area contributed by atoms with E-state index in [0.717, 1.165) is 40.2 Å². The van der Waals surface area contributed by atoms with Gasteiger partial charge >= 0.3 is 6.09 Å². The number of fused-ring (bicyclic) bond motifs is 1. The van der Waals surface area contributed by atoms with Gasteiger partial charge in [0.15, 0.2) is 0 Å². The monoisotopic (exact) mass is 742 g/mol. The summed E-state index contributed by atoms with van der Waals surface area (Å²) in [5, 5.41) is 0.416. The summed E-state index contributed by atoms with van der Waals surface area (Å²) in [6.45, 7) is 10.4. The van der Waals surface area contributed by atoms with Gasteiger partial charge in [-0.15, -0.1) is 11.3 Å². The van der Waals surface area contributed by atoms with Crippen molar-refractivity contribution in [3.05, 3.63) is 111 Å². The molecule has 0 unspecified atom stereocenters. The maximum atomic E-state index is 14.1. The topological polar surface area (TPSA) is 128 Å². The summed E-state index contributed by atoms with van der Waals surface area (Å²) in [6.07, 6.45) is 2.52. The zero-order valence-electron chi connectivity index (χ0n) is 30.3. The molecule has 0 fully saturated rings. The molecule has 5 rings (SSSR count). The Balaban J connectivity index is 1.47. The van der Waals surface area contributed by atoms with E-state index in [9.17, 15) is 22.8 Å². The van der Waals surface area contributed by atoms with Crippen molar-refractivity contribution in [2.45, 2.75) is 84.0 Å². The zero-order chi connectivity index (χ0) is 37.4. The van der Waals surface area contributed by atoms with Crippen molar-refractivity contribution in [1.29, 1.82) is 0 Å². The fourth-order valence-electron chi connectivity index (χ4n) is 5.94. The van der Waals surface area contributed by atoms with Crippen LogP contribution in [0, 0.1) is 5.92 Å². The number of nitrogens with zero attached hydrogens (tertiary/aromatic N) is 3. The number of anilines is 1.